The molecule has 0 aromatic rings. The molecule has 11 heavy (non-hydrogen) atoms. The topological polar surface area (TPSA) is 44.1 Å². The van der Waals surface area contributed by atoms with E-state index in [0.717, 1.165) is 0 Å². The first-order valence-electron chi connectivity index (χ1n) is 3.39. The third kappa shape index (κ3) is 3.41. The normalized spacial score (nSPS) is 11.4. The SMILES string of the molecule is C=CC(=O)N(C)CC(C)C#N. The fourth-order valence-electron chi connectivity index (χ4n) is 0.697. The van der Waals surface area contributed by atoms with Gasteiger partial charge in [-0.05, 0) is 13.0 Å². The summed E-state index contributed by atoms with van der Waals surface area (Å²) in [6.07, 6.45) is 1.24. The third-order valence-corrected chi connectivity index (χ3v) is 1.32. The minimum Gasteiger partial charge on any atom is -0.341 e. The highest BCUT2D eigenvalue weighted by molar-refractivity contribution is 5.86. The van der Waals surface area contributed by atoms with Gasteiger partial charge in [0.15, 0.2) is 0 Å². The molecule has 0 heterocycles. The number of amides is 1. The molecule has 1 atom stereocenters. The molecule has 0 N–H and O–H groups in total. The van der Waals surface area contributed by atoms with Gasteiger partial charge in [-0.1, -0.05) is 6.58 Å². The fraction of sp³-hybridized carbons (Fsp3) is 0.500. The van der Waals surface area contributed by atoms with E-state index in [2.05, 4.69) is 6.58 Å². The van der Waals surface area contributed by atoms with Crippen molar-refractivity contribution in [2.75, 3.05) is 13.6 Å². The molecule has 3 nitrogen and oxygen atoms in total. The summed E-state index contributed by atoms with van der Waals surface area (Å²) in [5.41, 5.74) is 0. The molecule has 0 aromatic carbocycles. The summed E-state index contributed by atoms with van der Waals surface area (Å²) in [6.45, 7) is 5.57. The van der Waals surface area contributed by atoms with Crippen molar-refractivity contribution < 1.29 is 4.79 Å². The average molecular weight is 152 g/mol. The first-order chi connectivity index (χ1) is 5.11. The molecule has 0 aromatic heterocycles. The zero-order valence-corrected chi connectivity index (χ0v) is 6.87. The van der Waals surface area contributed by atoms with Gasteiger partial charge in [0.25, 0.3) is 0 Å². The first-order valence-corrected chi connectivity index (χ1v) is 3.39. The lowest BCUT2D eigenvalue weighted by atomic mass is 10.2. The molecule has 0 aliphatic heterocycles. The summed E-state index contributed by atoms with van der Waals surface area (Å²) in [5.74, 6) is -0.268. The predicted octanol–water partition coefficient (Wildman–Crippen LogP) is 0.790. The second-order valence-electron chi connectivity index (χ2n) is 2.45. The van der Waals surface area contributed by atoms with Crippen molar-refractivity contribution in [3.63, 3.8) is 0 Å². The summed E-state index contributed by atoms with van der Waals surface area (Å²) in [5, 5.41) is 8.42. The molecule has 0 aliphatic carbocycles. The van der Waals surface area contributed by atoms with E-state index < -0.39 is 0 Å². The van der Waals surface area contributed by atoms with Crippen LogP contribution in [0.3, 0.4) is 0 Å². The molecule has 0 fully saturated rings. The minimum absolute atomic E-state index is 0.121. The smallest absolute Gasteiger partial charge is 0.245 e. The van der Waals surface area contributed by atoms with Gasteiger partial charge in [-0.2, -0.15) is 5.26 Å². The van der Waals surface area contributed by atoms with Crippen LogP contribution < -0.4 is 0 Å². The number of nitriles is 1. The molecular formula is C8H12N2O. The summed E-state index contributed by atoms with van der Waals surface area (Å²) < 4.78 is 0. The van der Waals surface area contributed by atoms with Crippen molar-refractivity contribution in [2.45, 2.75) is 6.92 Å². The second kappa shape index (κ2) is 4.51. The Morgan fingerprint density at radius 3 is 2.82 bits per heavy atom. The van der Waals surface area contributed by atoms with Crippen molar-refractivity contribution in [1.29, 1.82) is 5.26 Å². The van der Waals surface area contributed by atoms with Crippen molar-refractivity contribution in [3.8, 4) is 6.07 Å². The van der Waals surface area contributed by atoms with Crippen LogP contribution >= 0.6 is 0 Å². The van der Waals surface area contributed by atoms with E-state index in [1.165, 1.54) is 11.0 Å². The van der Waals surface area contributed by atoms with Crippen LogP contribution in [0.5, 0.6) is 0 Å². The molecule has 1 unspecified atom stereocenters. The van der Waals surface area contributed by atoms with Gasteiger partial charge in [0, 0.05) is 13.6 Å². The Balaban J connectivity index is 3.88. The molecule has 0 rings (SSSR count). The molecule has 0 saturated heterocycles. The van der Waals surface area contributed by atoms with E-state index in [9.17, 15) is 4.79 Å². The fourth-order valence-corrected chi connectivity index (χ4v) is 0.697. The number of nitrogens with zero attached hydrogens (tertiary/aromatic N) is 2. The van der Waals surface area contributed by atoms with Crippen LogP contribution in [0.1, 0.15) is 6.92 Å². The summed E-state index contributed by atoms with van der Waals surface area (Å²) in [6, 6.07) is 2.05. The number of carbonyl (C=O) groups is 1. The Labute approximate surface area is 66.9 Å². The maximum absolute atomic E-state index is 10.9. The van der Waals surface area contributed by atoms with Gasteiger partial charge in [0.05, 0.1) is 12.0 Å². The maximum atomic E-state index is 10.9. The van der Waals surface area contributed by atoms with Crippen LogP contribution in [0.25, 0.3) is 0 Å². The lowest BCUT2D eigenvalue weighted by molar-refractivity contribution is -0.125. The Kier molecular flexibility index (Phi) is 3.97. The minimum atomic E-state index is -0.146. The number of hydrogen-bond acceptors (Lipinski definition) is 2. The third-order valence-electron chi connectivity index (χ3n) is 1.32. The van der Waals surface area contributed by atoms with E-state index in [1.807, 2.05) is 6.07 Å². The van der Waals surface area contributed by atoms with Gasteiger partial charge in [-0.25, -0.2) is 0 Å². The Morgan fingerprint density at radius 1 is 1.91 bits per heavy atom. The zero-order chi connectivity index (χ0) is 8.85. The Bertz CT molecular complexity index is 193. The van der Waals surface area contributed by atoms with Crippen molar-refractivity contribution >= 4 is 5.91 Å². The van der Waals surface area contributed by atoms with Crippen LogP contribution in [-0.2, 0) is 4.79 Å². The van der Waals surface area contributed by atoms with Gasteiger partial charge in [0.2, 0.25) is 5.91 Å². The number of likely N-dealkylation sites (N-methyl/N-ethyl adjacent to an activating group) is 1. The molecule has 0 saturated carbocycles. The Morgan fingerprint density at radius 2 is 2.45 bits per heavy atom. The molecule has 0 radical (unpaired) electrons. The van der Waals surface area contributed by atoms with Gasteiger partial charge >= 0.3 is 0 Å². The van der Waals surface area contributed by atoms with E-state index in [4.69, 9.17) is 5.26 Å². The van der Waals surface area contributed by atoms with E-state index in [-0.39, 0.29) is 11.8 Å². The number of rotatable bonds is 3. The summed E-state index contributed by atoms with van der Waals surface area (Å²) in [7, 11) is 1.65. The van der Waals surface area contributed by atoms with E-state index in [1.54, 1.807) is 14.0 Å². The molecule has 0 spiro atoms. The number of carbonyl (C=O) groups excluding carboxylic acids is 1. The highest BCUT2D eigenvalue weighted by Crippen LogP contribution is 1.95. The van der Waals surface area contributed by atoms with Crippen LogP contribution in [0, 0.1) is 17.2 Å². The standard InChI is InChI=1S/C8H12N2O/c1-4-8(11)10(3)6-7(2)5-9/h4,7H,1,6H2,2-3H3. The van der Waals surface area contributed by atoms with Crippen molar-refractivity contribution in [3.05, 3.63) is 12.7 Å². The van der Waals surface area contributed by atoms with Gasteiger partial charge in [-0.3, -0.25) is 4.79 Å². The molecule has 0 aliphatic rings. The van der Waals surface area contributed by atoms with Crippen molar-refractivity contribution in [2.24, 2.45) is 5.92 Å². The average Bonchev–Trinajstić information content (AvgIpc) is 2.02. The quantitative estimate of drug-likeness (QED) is 0.561. The number of hydrogen-bond donors (Lipinski definition) is 0. The molecule has 60 valence electrons. The van der Waals surface area contributed by atoms with Crippen LogP contribution in [0.15, 0.2) is 12.7 Å². The molecule has 1 amide bonds. The molecular weight excluding hydrogens is 140 g/mol. The largest absolute Gasteiger partial charge is 0.341 e. The zero-order valence-electron chi connectivity index (χ0n) is 6.87. The summed E-state index contributed by atoms with van der Waals surface area (Å²) in [4.78, 5) is 12.3. The molecule has 0 bridgehead atoms. The Hall–Kier alpha value is -1.30. The summed E-state index contributed by atoms with van der Waals surface area (Å²) >= 11 is 0. The van der Waals surface area contributed by atoms with Crippen molar-refractivity contribution in [1.82, 2.24) is 4.90 Å². The molecule has 3 heteroatoms. The lowest BCUT2D eigenvalue weighted by Crippen LogP contribution is -2.28. The van der Waals surface area contributed by atoms with Crippen LogP contribution in [0.2, 0.25) is 0 Å². The van der Waals surface area contributed by atoms with Crippen LogP contribution in [0.4, 0.5) is 0 Å². The van der Waals surface area contributed by atoms with Gasteiger partial charge in [0.1, 0.15) is 0 Å². The highest BCUT2D eigenvalue weighted by atomic mass is 16.2. The highest BCUT2D eigenvalue weighted by Gasteiger charge is 2.07. The van der Waals surface area contributed by atoms with E-state index in [0.29, 0.717) is 6.54 Å². The first kappa shape index (κ1) is 9.70. The van der Waals surface area contributed by atoms with Gasteiger partial charge < -0.3 is 4.90 Å². The maximum Gasteiger partial charge on any atom is 0.245 e. The lowest BCUT2D eigenvalue weighted by Gasteiger charge is -2.15. The monoisotopic (exact) mass is 152 g/mol. The van der Waals surface area contributed by atoms with Crippen LogP contribution in [-0.4, -0.2) is 24.4 Å². The van der Waals surface area contributed by atoms with Gasteiger partial charge in [-0.15, -0.1) is 0 Å². The second-order valence-corrected chi connectivity index (χ2v) is 2.45. The van der Waals surface area contributed by atoms with E-state index >= 15 is 0 Å². The predicted molar refractivity (Wildman–Crippen MR) is 42.6 cm³/mol.